The van der Waals surface area contributed by atoms with Gasteiger partial charge in [0.05, 0.1) is 20.3 Å². The van der Waals surface area contributed by atoms with Crippen LogP contribution in [0.15, 0.2) is 42.5 Å². The van der Waals surface area contributed by atoms with E-state index in [1.807, 2.05) is 57.2 Å². The van der Waals surface area contributed by atoms with Crippen LogP contribution < -0.4 is 10.1 Å². The molecular formula is C29H43NO8Si. The first-order valence-electron chi connectivity index (χ1n) is 13.7. The zero-order valence-electron chi connectivity index (χ0n) is 23.7. The van der Waals surface area contributed by atoms with E-state index in [4.69, 9.17) is 22.8 Å². The highest BCUT2D eigenvalue weighted by Gasteiger charge is 2.40. The third kappa shape index (κ3) is 12.2. The molecule has 0 aliphatic rings. The van der Waals surface area contributed by atoms with E-state index in [0.29, 0.717) is 45.6 Å². The largest absolute Gasteiger partial charge is 0.502 e. The molecule has 0 atom stereocenters. The maximum atomic E-state index is 12.0. The van der Waals surface area contributed by atoms with Crippen molar-refractivity contribution >= 4 is 37.7 Å². The molecule has 1 amide bonds. The van der Waals surface area contributed by atoms with Crippen LogP contribution in [0.5, 0.6) is 5.75 Å². The van der Waals surface area contributed by atoms with Gasteiger partial charge in [-0.05, 0) is 87.1 Å². The monoisotopic (exact) mass is 561 g/mol. The molecule has 0 radical (unpaired) electrons. The predicted octanol–water partition coefficient (Wildman–Crippen LogP) is 5.74. The lowest BCUT2D eigenvalue weighted by molar-refractivity contribution is -0.134. The Kier molecular flexibility index (Phi) is 15.2. The number of methoxy groups -OCH3 is 1. The number of fused-ring (bicyclic) bond motifs is 1. The van der Waals surface area contributed by atoms with E-state index in [1.54, 1.807) is 6.08 Å². The first-order valence-corrected chi connectivity index (χ1v) is 15.6. The molecule has 2 aromatic carbocycles. The molecule has 0 spiro atoms. The molecule has 0 saturated carbocycles. The van der Waals surface area contributed by atoms with Crippen molar-refractivity contribution in [2.45, 2.75) is 52.5 Å². The molecule has 2 aromatic rings. The van der Waals surface area contributed by atoms with Gasteiger partial charge in [0.2, 0.25) is 0 Å². The fourth-order valence-electron chi connectivity index (χ4n) is 3.95. The summed E-state index contributed by atoms with van der Waals surface area (Å²) in [5, 5.41) is 4.90. The average Bonchev–Trinajstić information content (AvgIpc) is 2.93. The highest BCUT2D eigenvalue weighted by Crippen LogP contribution is 2.23. The number of alkyl carbamates (subject to hydrolysis) is 1. The van der Waals surface area contributed by atoms with Crippen LogP contribution in [0.3, 0.4) is 0 Å². The summed E-state index contributed by atoms with van der Waals surface area (Å²) in [4.78, 5) is 23.3. The Morgan fingerprint density at radius 2 is 1.49 bits per heavy atom. The van der Waals surface area contributed by atoms with Crippen LogP contribution in [0.2, 0.25) is 6.04 Å². The van der Waals surface area contributed by atoms with Crippen molar-refractivity contribution < 1.29 is 37.1 Å². The van der Waals surface area contributed by atoms with Gasteiger partial charge in [0.15, 0.2) is 0 Å². The lowest BCUT2D eigenvalue weighted by Crippen LogP contribution is -2.48. The molecular weight excluding hydrogens is 518 g/mol. The first kappa shape index (κ1) is 32.3. The Bertz CT molecular complexity index is 1030. The lowest BCUT2D eigenvalue weighted by Gasteiger charge is -2.28. The van der Waals surface area contributed by atoms with Gasteiger partial charge < -0.3 is 32.8 Å². The van der Waals surface area contributed by atoms with Crippen molar-refractivity contribution in [3.8, 4) is 5.75 Å². The molecule has 2 rings (SSSR count). The summed E-state index contributed by atoms with van der Waals surface area (Å²) < 4.78 is 33.2. The molecule has 216 valence electrons. The smallest absolute Gasteiger partial charge is 0.494 e. The van der Waals surface area contributed by atoms with Crippen LogP contribution in [0.1, 0.15) is 52.0 Å². The molecule has 39 heavy (non-hydrogen) atoms. The van der Waals surface area contributed by atoms with Crippen LogP contribution in [0, 0.1) is 0 Å². The second-order valence-corrected chi connectivity index (χ2v) is 11.4. The highest BCUT2D eigenvalue weighted by atomic mass is 28.4. The molecule has 0 fully saturated rings. The number of carbonyl (C=O) groups excluding carboxylic acids is 2. The topological polar surface area (TPSA) is 102 Å². The molecule has 9 nitrogen and oxygen atoms in total. The van der Waals surface area contributed by atoms with Crippen molar-refractivity contribution in [1.29, 1.82) is 0 Å². The lowest BCUT2D eigenvalue weighted by atomic mass is 10.1. The summed E-state index contributed by atoms with van der Waals surface area (Å²) in [6.07, 6.45) is 6.35. The minimum atomic E-state index is -2.77. The van der Waals surface area contributed by atoms with E-state index in [9.17, 15) is 9.59 Å². The SMILES string of the molecule is CCO[Si](CCNC(=O)OCCCCCCOc1ccc2cc(/C=C/C(=O)OC)ccc2c1)(OCC)OCC. The number of ether oxygens (including phenoxy) is 3. The average molecular weight is 562 g/mol. The Morgan fingerprint density at radius 1 is 0.846 bits per heavy atom. The summed E-state index contributed by atoms with van der Waals surface area (Å²) in [7, 11) is -1.41. The Labute approximate surface area is 233 Å². The van der Waals surface area contributed by atoms with E-state index in [2.05, 4.69) is 10.1 Å². The standard InChI is InChI=1S/C29H43NO8Si/c1-5-36-39(37-6-2,38-7-3)21-18-30-29(32)35-20-11-9-8-10-19-34-27-16-15-25-22-24(12-14-26(25)23-27)13-17-28(31)33-4/h12-17,22-23H,5-11,18-21H2,1-4H3,(H,30,32)/b17-13+. The molecule has 0 unspecified atom stereocenters. The van der Waals surface area contributed by atoms with Crippen molar-refractivity contribution in [1.82, 2.24) is 5.32 Å². The van der Waals surface area contributed by atoms with Crippen LogP contribution in [-0.4, -0.2) is 67.6 Å². The zero-order chi connectivity index (χ0) is 28.3. The number of carbonyl (C=O) groups is 2. The Balaban J connectivity index is 1.59. The number of amides is 1. The Hall–Kier alpha value is -2.92. The normalized spacial score (nSPS) is 11.6. The fraction of sp³-hybridized carbons (Fsp3) is 0.517. The molecule has 10 heteroatoms. The van der Waals surface area contributed by atoms with E-state index >= 15 is 0 Å². The minimum absolute atomic E-state index is 0.374. The molecule has 0 saturated heterocycles. The highest BCUT2D eigenvalue weighted by molar-refractivity contribution is 6.60. The third-order valence-corrected chi connectivity index (χ3v) is 8.83. The van der Waals surface area contributed by atoms with Gasteiger partial charge in [-0.25, -0.2) is 9.59 Å². The van der Waals surface area contributed by atoms with E-state index in [0.717, 1.165) is 47.8 Å². The first-order chi connectivity index (χ1) is 18.9. The van der Waals surface area contributed by atoms with E-state index in [1.165, 1.54) is 13.2 Å². The van der Waals surface area contributed by atoms with E-state index in [-0.39, 0.29) is 5.97 Å². The second-order valence-electron chi connectivity index (χ2n) is 8.68. The van der Waals surface area contributed by atoms with Crippen LogP contribution in [0.4, 0.5) is 4.79 Å². The van der Waals surface area contributed by atoms with Crippen LogP contribution in [0.25, 0.3) is 16.8 Å². The van der Waals surface area contributed by atoms with Gasteiger partial charge in [-0.1, -0.05) is 18.2 Å². The fourth-order valence-corrected chi connectivity index (χ4v) is 6.38. The summed E-state index contributed by atoms with van der Waals surface area (Å²) in [6, 6.07) is 12.4. The van der Waals surface area contributed by atoms with Gasteiger partial charge >= 0.3 is 20.9 Å². The van der Waals surface area contributed by atoms with Gasteiger partial charge in [-0.2, -0.15) is 0 Å². The van der Waals surface area contributed by atoms with Crippen molar-refractivity contribution in [3.05, 3.63) is 48.0 Å². The quantitative estimate of drug-likeness (QED) is 0.100. The number of hydrogen-bond donors (Lipinski definition) is 1. The zero-order valence-corrected chi connectivity index (χ0v) is 24.7. The summed E-state index contributed by atoms with van der Waals surface area (Å²) >= 11 is 0. The molecule has 1 N–H and O–H groups in total. The molecule has 0 aliphatic carbocycles. The molecule has 0 aliphatic heterocycles. The van der Waals surface area contributed by atoms with E-state index < -0.39 is 14.9 Å². The number of hydrogen-bond acceptors (Lipinski definition) is 8. The summed E-state index contributed by atoms with van der Waals surface area (Å²) in [5.74, 6) is 0.445. The molecule has 0 aromatic heterocycles. The van der Waals surface area contributed by atoms with Gasteiger partial charge in [0.1, 0.15) is 5.75 Å². The second kappa shape index (κ2) is 18.4. The summed E-state index contributed by atoms with van der Waals surface area (Å²) in [5.41, 5.74) is 0.927. The maximum absolute atomic E-state index is 12.0. The van der Waals surface area contributed by atoms with Crippen molar-refractivity contribution in [2.24, 2.45) is 0 Å². The van der Waals surface area contributed by atoms with Crippen molar-refractivity contribution in [2.75, 3.05) is 46.7 Å². The number of nitrogens with one attached hydrogen (secondary N) is 1. The summed E-state index contributed by atoms with van der Waals surface area (Å²) in [6.45, 7) is 8.60. The van der Waals surface area contributed by atoms with Gasteiger partial charge in [0, 0.05) is 38.5 Å². The van der Waals surface area contributed by atoms with Gasteiger partial charge in [-0.15, -0.1) is 0 Å². The van der Waals surface area contributed by atoms with Crippen LogP contribution in [-0.2, 0) is 27.5 Å². The third-order valence-electron chi connectivity index (χ3n) is 5.78. The number of rotatable bonds is 19. The number of unbranched alkanes of at least 4 members (excludes halogenated alkanes) is 3. The van der Waals surface area contributed by atoms with Gasteiger partial charge in [-0.3, -0.25) is 0 Å². The number of benzene rings is 2. The molecule has 0 bridgehead atoms. The van der Waals surface area contributed by atoms with Crippen molar-refractivity contribution in [3.63, 3.8) is 0 Å². The predicted molar refractivity (Wildman–Crippen MR) is 154 cm³/mol. The van der Waals surface area contributed by atoms with Gasteiger partial charge in [0.25, 0.3) is 0 Å². The van der Waals surface area contributed by atoms with Crippen LogP contribution >= 0.6 is 0 Å². The Morgan fingerprint density at radius 3 is 2.15 bits per heavy atom. The molecule has 0 heterocycles. The minimum Gasteiger partial charge on any atom is -0.494 e. The maximum Gasteiger partial charge on any atom is 0.502 e. The number of esters is 1.